The van der Waals surface area contributed by atoms with Crippen LogP contribution < -0.4 is 4.31 Å². The molecular weight excluding hydrogens is 280 g/mol. The highest BCUT2D eigenvalue weighted by Crippen LogP contribution is 2.33. The molecule has 2 aromatic rings. The van der Waals surface area contributed by atoms with E-state index in [4.69, 9.17) is 5.11 Å². The monoisotopic (exact) mass is 292 g/mol. The lowest BCUT2D eigenvalue weighted by Crippen LogP contribution is -2.28. The number of nitrogens with one attached hydrogen (secondary N) is 1. The van der Waals surface area contributed by atoms with Gasteiger partial charge in [0.25, 0.3) is 10.0 Å². The number of carboxylic acids is 1. The van der Waals surface area contributed by atoms with Gasteiger partial charge < -0.3 is 10.1 Å². The Morgan fingerprint density at radius 1 is 1.30 bits per heavy atom. The molecule has 0 atom stereocenters. The molecule has 1 aromatic heterocycles. The molecule has 7 heteroatoms. The number of aromatic amines is 1. The quantitative estimate of drug-likeness (QED) is 0.896. The Hall–Kier alpha value is -2.28. The molecule has 2 N–H and O–H groups in total. The number of benzene rings is 1. The van der Waals surface area contributed by atoms with E-state index >= 15 is 0 Å². The van der Waals surface area contributed by atoms with Crippen molar-refractivity contribution in [2.45, 2.75) is 11.3 Å². The molecule has 0 aliphatic carbocycles. The first-order chi connectivity index (χ1) is 9.50. The molecule has 3 rings (SSSR count). The Labute approximate surface area is 115 Å². The lowest BCUT2D eigenvalue weighted by atomic mass is 10.1. The van der Waals surface area contributed by atoms with Crippen LogP contribution in [0.3, 0.4) is 0 Å². The van der Waals surface area contributed by atoms with Gasteiger partial charge in [-0.1, -0.05) is 6.07 Å². The second-order valence-corrected chi connectivity index (χ2v) is 6.38. The summed E-state index contributed by atoms with van der Waals surface area (Å²) in [5, 5.41) is 9.02. The van der Waals surface area contributed by atoms with Gasteiger partial charge in [-0.05, 0) is 30.2 Å². The summed E-state index contributed by atoms with van der Waals surface area (Å²) in [6.07, 6.45) is 3.53. The first-order valence-corrected chi connectivity index (χ1v) is 7.46. The number of H-pyrrole nitrogens is 1. The summed E-state index contributed by atoms with van der Waals surface area (Å²) in [4.78, 5) is 13.9. The van der Waals surface area contributed by atoms with E-state index in [1.165, 1.54) is 34.9 Å². The number of aromatic carboxylic acids is 1. The van der Waals surface area contributed by atoms with E-state index in [0.29, 0.717) is 18.7 Å². The molecule has 2 heterocycles. The van der Waals surface area contributed by atoms with Crippen LogP contribution in [0.25, 0.3) is 0 Å². The number of carboxylic acid groups (broad SMARTS) is 1. The topological polar surface area (TPSA) is 90.5 Å². The Morgan fingerprint density at radius 3 is 2.75 bits per heavy atom. The number of rotatable bonds is 3. The third-order valence-electron chi connectivity index (χ3n) is 3.34. The molecule has 1 aliphatic heterocycles. The van der Waals surface area contributed by atoms with Gasteiger partial charge in [-0.3, -0.25) is 4.31 Å². The highest BCUT2D eigenvalue weighted by atomic mass is 32.2. The minimum Gasteiger partial charge on any atom is -0.478 e. The fourth-order valence-electron chi connectivity index (χ4n) is 2.33. The standard InChI is InChI=1S/C13H12N2O4S/c16-13(17)10-2-1-9-4-6-15(12(9)7-10)20(18,19)11-3-5-14-8-11/h1-3,5,7-8,14H,4,6H2,(H,16,17). The molecule has 0 spiro atoms. The highest BCUT2D eigenvalue weighted by Gasteiger charge is 2.31. The van der Waals surface area contributed by atoms with Crippen molar-refractivity contribution in [3.63, 3.8) is 0 Å². The van der Waals surface area contributed by atoms with Crippen molar-refractivity contribution >= 4 is 21.7 Å². The van der Waals surface area contributed by atoms with E-state index in [0.717, 1.165) is 5.56 Å². The van der Waals surface area contributed by atoms with Crippen molar-refractivity contribution in [1.29, 1.82) is 0 Å². The van der Waals surface area contributed by atoms with Crippen molar-refractivity contribution < 1.29 is 18.3 Å². The molecule has 0 amide bonds. The average Bonchev–Trinajstić information content (AvgIpc) is 3.07. The van der Waals surface area contributed by atoms with Crippen LogP contribution >= 0.6 is 0 Å². The minimum absolute atomic E-state index is 0.0833. The van der Waals surface area contributed by atoms with Gasteiger partial charge in [-0.2, -0.15) is 0 Å². The van der Waals surface area contributed by atoms with Crippen LogP contribution in [-0.2, 0) is 16.4 Å². The third-order valence-corrected chi connectivity index (χ3v) is 5.15. The number of hydrogen-bond donors (Lipinski definition) is 2. The lowest BCUT2D eigenvalue weighted by Gasteiger charge is -2.18. The lowest BCUT2D eigenvalue weighted by molar-refractivity contribution is 0.0697. The number of nitrogens with zero attached hydrogens (tertiary/aromatic N) is 1. The largest absolute Gasteiger partial charge is 0.478 e. The molecule has 1 aliphatic rings. The number of carbonyl (C=O) groups is 1. The molecule has 0 unspecified atom stereocenters. The molecule has 20 heavy (non-hydrogen) atoms. The zero-order valence-electron chi connectivity index (χ0n) is 10.4. The fourth-order valence-corrected chi connectivity index (χ4v) is 3.80. The predicted octanol–water partition coefficient (Wildman–Crippen LogP) is 1.46. The normalized spacial score (nSPS) is 14.3. The van der Waals surface area contributed by atoms with Crippen LogP contribution in [0.5, 0.6) is 0 Å². The third kappa shape index (κ3) is 1.87. The molecule has 1 aromatic carbocycles. The smallest absolute Gasteiger partial charge is 0.335 e. The Balaban J connectivity index is 2.09. The summed E-state index contributed by atoms with van der Waals surface area (Å²) in [6, 6.07) is 6.06. The molecule has 0 fully saturated rings. The molecule has 0 saturated carbocycles. The van der Waals surface area contributed by atoms with Crippen LogP contribution in [0.4, 0.5) is 5.69 Å². The molecule has 0 bridgehead atoms. The van der Waals surface area contributed by atoms with E-state index in [1.807, 2.05) is 0 Å². The van der Waals surface area contributed by atoms with Crippen LogP contribution in [0, 0.1) is 0 Å². The first-order valence-electron chi connectivity index (χ1n) is 6.02. The molecule has 0 saturated heterocycles. The summed E-state index contributed by atoms with van der Waals surface area (Å²) in [6.45, 7) is 0.325. The zero-order valence-corrected chi connectivity index (χ0v) is 11.2. The van der Waals surface area contributed by atoms with E-state index in [9.17, 15) is 13.2 Å². The van der Waals surface area contributed by atoms with Crippen LogP contribution in [-0.4, -0.2) is 31.0 Å². The second-order valence-electron chi connectivity index (χ2n) is 4.52. The Bertz CT molecular complexity index is 766. The van der Waals surface area contributed by atoms with Crippen LogP contribution in [0.2, 0.25) is 0 Å². The summed E-state index contributed by atoms with van der Waals surface area (Å²) >= 11 is 0. The second kappa shape index (κ2) is 4.38. The molecule has 6 nitrogen and oxygen atoms in total. The van der Waals surface area contributed by atoms with Gasteiger partial charge in [-0.15, -0.1) is 0 Å². The summed E-state index contributed by atoms with van der Waals surface area (Å²) in [5.74, 6) is -1.07. The number of sulfonamides is 1. The SMILES string of the molecule is O=C(O)c1ccc2c(c1)N(S(=O)(=O)c1cc[nH]c1)CC2. The van der Waals surface area contributed by atoms with Gasteiger partial charge in [0.2, 0.25) is 0 Å². The first kappa shape index (κ1) is 12.7. The summed E-state index contributed by atoms with van der Waals surface area (Å²) in [7, 11) is -3.64. The van der Waals surface area contributed by atoms with Gasteiger partial charge in [0.15, 0.2) is 0 Å². The average molecular weight is 292 g/mol. The van der Waals surface area contributed by atoms with E-state index < -0.39 is 16.0 Å². The highest BCUT2D eigenvalue weighted by molar-refractivity contribution is 7.92. The maximum atomic E-state index is 12.5. The number of fused-ring (bicyclic) bond motifs is 1. The minimum atomic E-state index is -3.64. The number of anilines is 1. The predicted molar refractivity (Wildman–Crippen MR) is 72.4 cm³/mol. The fraction of sp³-hybridized carbons (Fsp3) is 0.154. The summed E-state index contributed by atoms with van der Waals surface area (Å²) in [5.41, 5.74) is 1.38. The van der Waals surface area contributed by atoms with E-state index in [2.05, 4.69) is 4.98 Å². The van der Waals surface area contributed by atoms with Gasteiger partial charge in [0.05, 0.1) is 11.3 Å². The molecular formula is C13H12N2O4S. The maximum absolute atomic E-state index is 12.5. The van der Waals surface area contributed by atoms with Gasteiger partial charge in [0.1, 0.15) is 4.90 Å². The Morgan fingerprint density at radius 2 is 2.10 bits per heavy atom. The van der Waals surface area contributed by atoms with E-state index in [-0.39, 0.29) is 10.5 Å². The zero-order chi connectivity index (χ0) is 14.3. The van der Waals surface area contributed by atoms with Gasteiger partial charge >= 0.3 is 5.97 Å². The van der Waals surface area contributed by atoms with Crippen molar-refractivity contribution in [3.05, 3.63) is 47.8 Å². The number of aromatic nitrogens is 1. The van der Waals surface area contributed by atoms with Crippen molar-refractivity contribution in [2.24, 2.45) is 0 Å². The Kier molecular flexibility index (Phi) is 2.79. The molecule has 104 valence electrons. The van der Waals surface area contributed by atoms with E-state index in [1.54, 1.807) is 6.07 Å². The van der Waals surface area contributed by atoms with Crippen LogP contribution in [0.1, 0.15) is 15.9 Å². The maximum Gasteiger partial charge on any atom is 0.335 e. The van der Waals surface area contributed by atoms with Crippen molar-refractivity contribution in [2.75, 3.05) is 10.8 Å². The van der Waals surface area contributed by atoms with Crippen molar-refractivity contribution in [1.82, 2.24) is 4.98 Å². The number of hydrogen-bond acceptors (Lipinski definition) is 3. The molecule has 0 radical (unpaired) electrons. The van der Waals surface area contributed by atoms with Gasteiger partial charge in [0, 0.05) is 18.9 Å². The van der Waals surface area contributed by atoms with Crippen molar-refractivity contribution in [3.8, 4) is 0 Å². The van der Waals surface area contributed by atoms with Gasteiger partial charge in [-0.25, -0.2) is 13.2 Å². The summed E-state index contributed by atoms with van der Waals surface area (Å²) < 4.78 is 26.3. The van der Waals surface area contributed by atoms with Crippen LogP contribution in [0.15, 0.2) is 41.6 Å².